The number of thiophene rings is 1. The Bertz CT molecular complexity index is 2590. The molecule has 1 saturated heterocycles. The van der Waals surface area contributed by atoms with Crippen LogP contribution in [0.25, 0.3) is 21.6 Å². The van der Waals surface area contributed by atoms with Gasteiger partial charge in [0.1, 0.15) is 30.6 Å². The van der Waals surface area contributed by atoms with Crippen LogP contribution in [0.1, 0.15) is 99.4 Å². The van der Waals surface area contributed by atoms with E-state index in [4.69, 9.17) is 20.9 Å². The van der Waals surface area contributed by atoms with E-state index in [0.717, 1.165) is 63.5 Å². The van der Waals surface area contributed by atoms with E-state index in [1.165, 1.54) is 15.3 Å². The molecular weight excluding hydrogens is 888 g/mol. The smallest absolute Gasteiger partial charge is 0.303 e. The van der Waals surface area contributed by atoms with E-state index < -0.39 is 41.3 Å². The second-order valence-electron chi connectivity index (χ2n) is 18.6. The highest BCUT2D eigenvalue weighted by Crippen LogP contribution is 2.37. The molecule has 1 aliphatic heterocycles. The van der Waals surface area contributed by atoms with E-state index in [1.807, 2.05) is 83.3 Å². The number of carboxylic acids is 1. The van der Waals surface area contributed by atoms with Crippen LogP contribution >= 0.6 is 22.9 Å². The summed E-state index contributed by atoms with van der Waals surface area (Å²) in [5, 5.41) is 31.7. The lowest BCUT2D eigenvalue weighted by molar-refractivity contribution is -0.143. The molecule has 67 heavy (non-hydrogen) atoms. The van der Waals surface area contributed by atoms with Crippen LogP contribution in [0.5, 0.6) is 0 Å². The van der Waals surface area contributed by atoms with Crippen LogP contribution in [0.2, 0.25) is 5.02 Å². The summed E-state index contributed by atoms with van der Waals surface area (Å²) in [6.45, 7) is 16.1. The van der Waals surface area contributed by atoms with E-state index in [-0.39, 0.29) is 37.8 Å². The lowest BCUT2D eigenvalue weighted by atomic mass is 9.85. The summed E-state index contributed by atoms with van der Waals surface area (Å²) < 4.78 is 11.3. The molecular formula is C52H61ClN6O7S. The minimum Gasteiger partial charge on any atom is -0.481 e. The van der Waals surface area contributed by atoms with Crippen LogP contribution < -0.4 is 15.5 Å². The van der Waals surface area contributed by atoms with Gasteiger partial charge < -0.3 is 34.8 Å². The second kappa shape index (κ2) is 22.2. The summed E-state index contributed by atoms with van der Waals surface area (Å²) in [7, 11) is 0. The zero-order chi connectivity index (χ0) is 48.6. The molecule has 4 atom stereocenters. The number of ether oxygens (including phenoxy) is 1. The van der Waals surface area contributed by atoms with Gasteiger partial charge in [-0.1, -0.05) is 73.9 Å². The van der Waals surface area contributed by atoms with Crippen LogP contribution in [0.3, 0.4) is 0 Å². The highest BCUT2D eigenvalue weighted by molar-refractivity contribution is 7.13. The number of nitrogens with zero attached hydrogens (tertiary/aromatic N) is 4. The van der Waals surface area contributed by atoms with Crippen molar-refractivity contribution >= 4 is 58.0 Å². The van der Waals surface area contributed by atoms with Gasteiger partial charge in [0, 0.05) is 47.9 Å². The number of hydrogen-bond donors (Lipinski definition) is 3. The number of aromatic nitrogens is 1. The molecule has 0 saturated carbocycles. The summed E-state index contributed by atoms with van der Waals surface area (Å²) >= 11 is 8.19. The lowest BCUT2D eigenvalue weighted by Gasteiger charge is -2.36. The molecule has 6 rings (SSSR count). The Morgan fingerprint density at radius 2 is 1.73 bits per heavy atom. The Morgan fingerprint density at radius 3 is 2.36 bits per heavy atom. The molecule has 1 fully saturated rings. The number of amides is 3. The first kappa shape index (κ1) is 50.4. The number of hydrogen-bond acceptors (Lipinski definition) is 10. The number of nitrogens with one attached hydrogen (secondary N) is 2. The fourth-order valence-corrected chi connectivity index (χ4v) is 9.82. The van der Waals surface area contributed by atoms with Crippen LogP contribution in [0, 0.1) is 50.4 Å². The van der Waals surface area contributed by atoms with Gasteiger partial charge in [-0.05, 0) is 135 Å². The molecule has 5 aromatic rings. The Hall–Kier alpha value is -6.01. The summed E-state index contributed by atoms with van der Waals surface area (Å²) in [6.07, 6.45) is 1.59. The first-order chi connectivity index (χ1) is 31.9. The summed E-state index contributed by atoms with van der Waals surface area (Å²) in [6, 6.07) is 22.8. The van der Waals surface area contributed by atoms with Gasteiger partial charge in [-0.3, -0.25) is 19.2 Å². The number of halogens is 1. The number of carbonyl (C=O) groups is 4. The Labute approximate surface area is 402 Å². The second-order valence-corrected chi connectivity index (χ2v) is 19.9. The van der Waals surface area contributed by atoms with Gasteiger partial charge in [-0.2, -0.15) is 5.26 Å². The number of carboxylic acid groups (broad SMARTS) is 1. The van der Waals surface area contributed by atoms with Crippen LogP contribution in [0.15, 0.2) is 76.6 Å². The van der Waals surface area contributed by atoms with Crippen molar-refractivity contribution in [3.8, 4) is 27.6 Å². The van der Waals surface area contributed by atoms with Crippen molar-refractivity contribution in [3.05, 3.63) is 111 Å². The first-order valence-corrected chi connectivity index (χ1v) is 24.0. The molecule has 13 nitrogen and oxygen atoms in total. The van der Waals surface area contributed by atoms with E-state index >= 15 is 0 Å². The van der Waals surface area contributed by atoms with E-state index in [9.17, 15) is 29.5 Å². The number of likely N-dealkylation sites (tertiary alicyclic amines) is 1. The third-order valence-electron chi connectivity index (χ3n) is 12.4. The van der Waals surface area contributed by atoms with E-state index in [1.54, 1.807) is 24.3 Å². The molecule has 3 amide bonds. The third-order valence-corrected chi connectivity index (χ3v) is 13.8. The third kappa shape index (κ3) is 12.5. The molecule has 0 unspecified atom stereocenters. The van der Waals surface area contributed by atoms with Gasteiger partial charge in [0.05, 0.1) is 22.2 Å². The quantitative estimate of drug-likeness (QED) is 0.0675. The molecule has 3 aromatic carbocycles. The van der Waals surface area contributed by atoms with Crippen LogP contribution in [-0.2, 0) is 23.9 Å². The minimum absolute atomic E-state index is 0.125. The van der Waals surface area contributed by atoms with Crippen LogP contribution in [-0.4, -0.2) is 77.4 Å². The van der Waals surface area contributed by atoms with Gasteiger partial charge in [-0.15, -0.1) is 11.3 Å². The summed E-state index contributed by atoms with van der Waals surface area (Å²) in [5.41, 5.74) is 8.35. The highest BCUT2D eigenvalue weighted by atomic mass is 35.5. The van der Waals surface area contributed by atoms with E-state index in [2.05, 4.69) is 57.9 Å². The predicted octanol–water partition coefficient (Wildman–Crippen LogP) is 10.3. The van der Waals surface area contributed by atoms with Crippen molar-refractivity contribution in [2.45, 2.75) is 106 Å². The van der Waals surface area contributed by atoms with Crippen LogP contribution in [0.4, 0.5) is 11.4 Å². The fourth-order valence-electron chi connectivity index (χ4n) is 8.67. The molecule has 1 aliphatic rings. The number of benzene rings is 3. The fraction of sp³-hybridized carbons (Fsp3) is 0.423. The SMILES string of the molecule is Cc1ccc(-c2c(C)noc2C)cc1N(CCCCCOCC(=O)N[C@H](C(=O)N1C[C@@H](CC(=O)O)C[C@H]1NC(=O)[C@@H](C)c1ccc(-c2sccc2C)cc1)C(C)(C)C)c1ccc(C#N)c(Cl)c1. The monoisotopic (exact) mass is 948 g/mol. The Kier molecular flexibility index (Phi) is 16.7. The van der Waals surface area contributed by atoms with Crippen molar-refractivity contribution in [1.29, 1.82) is 5.26 Å². The Balaban J connectivity index is 1.05. The predicted molar refractivity (Wildman–Crippen MR) is 262 cm³/mol. The van der Waals surface area contributed by atoms with Crippen molar-refractivity contribution in [3.63, 3.8) is 0 Å². The normalized spacial score (nSPS) is 15.7. The molecule has 3 N–H and O–H groups in total. The number of rotatable bonds is 19. The molecule has 15 heteroatoms. The van der Waals surface area contributed by atoms with Gasteiger partial charge in [0.15, 0.2) is 0 Å². The maximum Gasteiger partial charge on any atom is 0.303 e. The van der Waals surface area contributed by atoms with Gasteiger partial charge >= 0.3 is 5.97 Å². The van der Waals surface area contributed by atoms with Crippen molar-refractivity contribution in [2.75, 3.05) is 31.2 Å². The van der Waals surface area contributed by atoms with Gasteiger partial charge in [-0.25, -0.2) is 0 Å². The van der Waals surface area contributed by atoms with Gasteiger partial charge in [0.2, 0.25) is 17.7 Å². The zero-order valence-electron chi connectivity index (χ0n) is 39.6. The average Bonchev–Trinajstić information content (AvgIpc) is 3.99. The molecule has 3 heterocycles. The number of aryl methyl sites for hydroxylation is 4. The number of nitriles is 1. The molecule has 0 bridgehead atoms. The van der Waals surface area contributed by atoms with Crippen molar-refractivity contribution < 1.29 is 33.5 Å². The average molecular weight is 950 g/mol. The summed E-state index contributed by atoms with van der Waals surface area (Å²) in [4.78, 5) is 58.2. The maximum absolute atomic E-state index is 14.4. The molecule has 0 spiro atoms. The lowest BCUT2D eigenvalue weighted by Crippen LogP contribution is -2.58. The highest BCUT2D eigenvalue weighted by Gasteiger charge is 2.43. The number of anilines is 2. The Morgan fingerprint density at radius 1 is 1.00 bits per heavy atom. The molecule has 0 radical (unpaired) electrons. The molecule has 2 aromatic heterocycles. The number of carbonyl (C=O) groups excluding carboxylic acids is 3. The summed E-state index contributed by atoms with van der Waals surface area (Å²) in [5.74, 6) is -2.32. The number of aliphatic carboxylic acids is 1. The standard InChI is InChI=1S/C52H61ClN6O7S/c1-31-12-13-39(47-34(4)57-66-35(47)5)26-43(31)58(41-19-18-40(28-54)42(53)27-41)21-10-9-11-22-65-30-45(60)56-49(52(6,7)8)51(64)59-29-36(25-46(61)62)24-44(59)55-50(63)33(3)37-14-16-38(17-15-37)48-32(2)20-23-67-48/h12-20,23,26-27,33,36,44,49H,9-11,21-22,24-25,29-30H2,1-8H3,(H,55,63)(H,56,60)(H,61,62)/t33-,36+,44-,49+/m0/s1. The topological polar surface area (TPSA) is 178 Å². The largest absolute Gasteiger partial charge is 0.481 e. The van der Waals surface area contributed by atoms with E-state index in [0.29, 0.717) is 30.2 Å². The van der Waals surface area contributed by atoms with Gasteiger partial charge in [0.25, 0.3) is 0 Å². The maximum atomic E-state index is 14.4. The van der Waals surface area contributed by atoms with Crippen molar-refractivity contribution in [2.24, 2.45) is 11.3 Å². The first-order valence-electron chi connectivity index (χ1n) is 22.7. The molecule has 354 valence electrons. The number of unbranched alkanes of at least 4 members (excludes halogenated alkanes) is 2. The van der Waals surface area contributed by atoms with Crippen molar-refractivity contribution in [1.82, 2.24) is 20.7 Å². The minimum atomic E-state index is -0.987. The molecule has 0 aliphatic carbocycles. The zero-order valence-corrected chi connectivity index (χ0v) is 41.1.